The first-order chi connectivity index (χ1) is 7.22. The lowest BCUT2D eigenvalue weighted by atomic mass is 9.93. The molecule has 1 heterocycles. The van der Waals surface area contributed by atoms with Crippen LogP contribution in [0.3, 0.4) is 0 Å². The van der Waals surface area contributed by atoms with Gasteiger partial charge in [0, 0.05) is 13.2 Å². The van der Waals surface area contributed by atoms with Crippen molar-refractivity contribution in [2.45, 2.75) is 25.7 Å². The first-order valence-electron chi connectivity index (χ1n) is 6.20. The predicted molar refractivity (Wildman–Crippen MR) is 64.0 cm³/mol. The fourth-order valence-electron chi connectivity index (χ4n) is 2.23. The smallest absolute Gasteiger partial charge is 0.0443 e. The van der Waals surface area contributed by atoms with Crippen molar-refractivity contribution < 1.29 is 5.11 Å². The molecule has 1 aliphatic rings. The maximum Gasteiger partial charge on any atom is 0.0443 e. The molecule has 0 saturated carbocycles. The number of likely N-dealkylation sites (tertiary alicyclic amines) is 1. The van der Waals surface area contributed by atoms with Gasteiger partial charge in [0.1, 0.15) is 0 Å². The van der Waals surface area contributed by atoms with Crippen LogP contribution in [0.25, 0.3) is 0 Å². The minimum atomic E-state index is 0.334. The average Bonchev–Trinajstić information content (AvgIpc) is 2.25. The standard InChI is InChI=1S/C12H26N2O/c1-13(2)8-4-12-5-9-14(10-6-12)7-3-11-15/h12,15H,3-11H2,1-2H3. The van der Waals surface area contributed by atoms with Crippen molar-refractivity contribution in [2.24, 2.45) is 5.92 Å². The summed E-state index contributed by atoms with van der Waals surface area (Å²) in [5.41, 5.74) is 0. The SMILES string of the molecule is CN(C)CCC1CCN(CCCO)CC1. The van der Waals surface area contributed by atoms with Crippen LogP contribution in [0.15, 0.2) is 0 Å². The van der Waals surface area contributed by atoms with Gasteiger partial charge in [-0.3, -0.25) is 0 Å². The largest absolute Gasteiger partial charge is 0.396 e. The van der Waals surface area contributed by atoms with E-state index in [1.54, 1.807) is 0 Å². The second-order valence-electron chi connectivity index (χ2n) is 4.95. The lowest BCUT2D eigenvalue weighted by molar-refractivity contribution is 0.158. The molecule has 0 spiro atoms. The van der Waals surface area contributed by atoms with Crippen LogP contribution in [0, 0.1) is 5.92 Å². The molecule has 3 heteroatoms. The average molecular weight is 214 g/mol. The molecule has 0 radical (unpaired) electrons. The summed E-state index contributed by atoms with van der Waals surface area (Å²) in [5.74, 6) is 0.928. The fraction of sp³-hybridized carbons (Fsp3) is 1.00. The molecule has 0 aromatic carbocycles. The second-order valence-corrected chi connectivity index (χ2v) is 4.95. The molecule has 0 atom stereocenters. The van der Waals surface area contributed by atoms with Gasteiger partial charge in [-0.15, -0.1) is 0 Å². The Balaban J connectivity index is 2.07. The van der Waals surface area contributed by atoms with E-state index in [1.807, 2.05) is 0 Å². The maximum atomic E-state index is 8.76. The van der Waals surface area contributed by atoms with Gasteiger partial charge in [-0.1, -0.05) is 0 Å². The molecular weight excluding hydrogens is 188 g/mol. The molecule has 1 N–H and O–H groups in total. The highest BCUT2D eigenvalue weighted by atomic mass is 16.3. The monoisotopic (exact) mass is 214 g/mol. The number of nitrogens with zero attached hydrogens (tertiary/aromatic N) is 2. The third-order valence-corrected chi connectivity index (χ3v) is 3.32. The molecule has 15 heavy (non-hydrogen) atoms. The molecule has 0 aromatic rings. The fourth-order valence-corrected chi connectivity index (χ4v) is 2.23. The van der Waals surface area contributed by atoms with Crippen molar-refractivity contribution in [3.63, 3.8) is 0 Å². The van der Waals surface area contributed by atoms with E-state index in [0.29, 0.717) is 6.61 Å². The van der Waals surface area contributed by atoms with Gasteiger partial charge in [-0.05, 0) is 65.3 Å². The van der Waals surface area contributed by atoms with Crippen LogP contribution in [-0.2, 0) is 0 Å². The van der Waals surface area contributed by atoms with E-state index in [-0.39, 0.29) is 0 Å². The normalized spacial score (nSPS) is 20.0. The lowest BCUT2D eigenvalue weighted by Gasteiger charge is -2.32. The number of hydrogen-bond acceptors (Lipinski definition) is 3. The topological polar surface area (TPSA) is 26.7 Å². The Bertz CT molecular complexity index is 154. The van der Waals surface area contributed by atoms with Gasteiger partial charge in [0.25, 0.3) is 0 Å². The first-order valence-corrected chi connectivity index (χ1v) is 6.20. The van der Waals surface area contributed by atoms with E-state index in [9.17, 15) is 0 Å². The number of aliphatic hydroxyl groups is 1. The summed E-state index contributed by atoms with van der Waals surface area (Å²) in [7, 11) is 4.30. The Hall–Kier alpha value is -0.120. The van der Waals surface area contributed by atoms with E-state index in [0.717, 1.165) is 18.9 Å². The molecule has 0 bridgehead atoms. The second kappa shape index (κ2) is 7.20. The van der Waals surface area contributed by atoms with Crippen LogP contribution in [0.4, 0.5) is 0 Å². The van der Waals surface area contributed by atoms with Gasteiger partial charge >= 0.3 is 0 Å². The summed E-state index contributed by atoms with van der Waals surface area (Å²) in [6.07, 6.45) is 4.97. The number of hydrogen-bond donors (Lipinski definition) is 1. The summed E-state index contributed by atoms with van der Waals surface area (Å²) >= 11 is 0. The molecule has 1 aliphatic heterocycles. The third-order valence-electron chi connectivity index (χ3n) is 3.32. The van der Waals surface area contributed by atoms with Crippen LogP contribution in [0.5, 0.6) is 0 Å². The zero-order valence-electron chi connectivity index (χ0n) is 10.3. The maximum absolute atomic E-state index is 8.76. The highest BCUT2D eigenvalue weighted by Crippen LogP contribution is 2.20. The van der Waals surface area contributed by atoms with Crippen molar-refractivity contribution >= 4 is 0 Å². The number of piperidine rings is 1. The van der Waals surface area contributed by atoms with Gasteiger partial charge in [0.05, 0.1) is 0 Å². The minimum Gasteiger partial charge on any atom is -0.396 e. The molecule has 3 nitrogen and oxygen atoms in total. The minimum absolute atomic E-state index is 0.334. The highest BCUT2D eigenvalue weighted by Gasteiger charge is 2.18. The summed E-state index contributed by atoms with van der Waals surface area (Å²) in [5, 5.41) is 8.76. The Morgan fingerprint density at radius 2 is 1.93 bits per heavy atom. The summed E-state index contributed by atoms with van der Waals surface area (Å²) < 4.78 is 0. The zero-order valence-corrected chi connectivity index (χ0v) is 10.3. The van der Waals surface area contributed by atoms with Gasteiger partial charge in [0.15, 0.2) is 0 Å². The van der Waals surface area contributed by atoms with Gasteiger partial charge in [0.2, 0.25) is 0 Å². The number of aliphatic hydroxyl groups excluding tert-OH is 1. The Morgan fingerprint density at radius 1 is 1.27 bits per heavy atom. The van der Waals surface area contributed by atoms with E-state index < -0.39 is 0 Å². The Labute approximate surface area is 94.1 Å². The predicted octanol–water partition coefficient (Wildman–Crippen LogP) is 1.03. The van der Waals surface area contributed by atoms with E-state index in [1.165, 1.54) is 38.9 Å². The van der Waals surface area contributed by atoms with Crippen LogP contribution in [0.1, 0.15) is 25.7 Å². The van der Waals surface area contributed by atoms with E-state index in [4.69, 9.17) is 5.11 Å². The molecule has 1 fully saturated rings. The van der Waals surface area contributed by atoms with Crippen molar-refractivity contribution in [1.29, 1.82) is 0 Å². The van der Waals surface area contributed by atoms with E-state index in [2.05, 4.69) is 23.9 Å². The van der Waals surface area contributed by atoms with Crippen LogP contribution in [-0.4, -0.2) is 61.8 Å². The molecule has 0 amide bonds. The van der Waals surface area contributed by atoms with Crippen molar-refractivity contribution in [3.05, 3.63) is 0 Å². The summed E-state index contributed by atoms with van der Waals surface area (Å²) in [6, 6.07) is 0. The molecule has 0 aromatic heterocycles. The van der Waals surface area contributed by atoms with Crippen molar-refractivity contribution in [3.8, 4) is 0 Å². The Kier molecular flexibility index (Phi) is 6.22. The number of rotatable bonds is 6. The van der Waals surface area contributed by atoms with Gasteiger partial charge in [-0.25, -0.2) is 0 Å². The molecule has 1 saturated heterocycles. The molecular formula is C12H26N2O. The summed E-state index contributed by atoms with van der Waals surface area (Å²) in [6.45, 7) is 5.11. The first kappa shape index (κ1) is 12.9. The highest BCUT2D eigenvalue weighted by molar-refractivity contribution is 4.72. The molecule has 0 unspecified atom stereocenters. The quantitative estimate of drug-likeness (QED) is 0.715. The third kappa shape index (κ3) is 5.50. The zero-order chi connectivity index (χ0) is 11.1. The van der Waals surface area contributed by atoms with Crippen molar-refractivity contribution in [2.75, 3.05) is 46.9 Å². The van der Waals surface area contributed by atoms with E-state index >= 15 is 0 Å². The van der Waals surface area contributed by atoms with Crippen molar-refractivity contribution in [1.82, 2.24) is 9.80 Å². The van der Waals surface area contributed by atoms with Gasteiger partial charge in [-0.2, -0.15) is 0 Å². The van der Waals surface area contributed by atoms with Gasteiger partial charge < -0.3 is 14.9 Å². The molecule has 1 rings (SSSR count). The molecule has 90 valence electrons. The molecule has 0 aliphatic carbocycles. The lowest BCUT2D eigenvalue weighted by Crippen LogP contribution is -2.35. The summed E-state index contributed by atoms with van der Waals surface area (Å²) in [4.78, 5) is 4.76. The van der Waals surface area contributed by atoms with Crippen LogP contribution >= 0.6 is 0 Å². The Morgan fingerprint density at radius 3 is 2.47 bits per heavy atom. The van der Waals surface area contributed by atoms with Crippen LogP contribution in [0.2, 0.25) is 0 Å². The van der Waals surface area contributed by atoms with Crippen LogP contribution < -0.4 is 0 Å².